The van der Waals surface area contributed by atoms with Crippen molar-refractivity contribution >= 4 is 21.5 Å². The predicted molar refractivity (Wildman–Crippen MR) is 83.0 cm³/mol. The molecule has 0 radical (unpaired) electrons. The summed E-state index contributed by atoms with van der Waals surface area (Å²) in [6.45, 7) is 6.19. The van der Waals surface area contributed by atoms with E-state index in [4.69, 9.17) is 0 Å². The van der Waals surface area contributed by atoms with E-state index in [1.54, 1.807) is 13.2 Å². The van der Waals surface area contributed by atoms with Gasteiger partial charge in [0.25, 0.3) is 10.2 Å². The maximum absolute atomic E-state index is 12.2. The van der Waals surface area contributed by atoms with Gasteiger partial charge in [-0.3, -0.25) is 0 Å². The molecule has 0 aliphatic carbocycles. The molecule has 2 N–H and O–H groups in total. The molecule has 0 aromatic carbocycles. The molecule has 1 rings (SSSR count). The van der Waals surface area contributed by atoms with Gasteiger partial charge < -0.3 is 5.32 Å². The summed E-state index contributed by atoms with van der Waals surface area (Å²) in [6.07, 6.45) is 3.16. The number of nitrogens with zero attached hydrogens (tertiary/aromatic N) is 2. The molecular formula is C12H24N4O2S2. The molecule has 116 valence electrons. The van der Waals surface area contributed by atoms with Gasteiger partial charge in [-0.25, -0.2) is 4.98 Å². The molecule has 0 bridgehead atoms. The zero-order chi connectivity index (χ0) is 15.0. The van der Waals surface area contributed by atoms with Crippen molar-refractivity contribution in [2.45, 2.75) is 32.7 Å². The zero-order valence-corrected chi connectivity index (χ0v) is 13.9. The third kappa shape index (κ3) is 5.45. The van der Waals surface area contributed by atoms with Crippen LogP contribution >= 0.6 is 11.3 Å². The summed E-state index contributed by atoms with van der Waals surface area (Å²) in [5.74, 6) is 0. The first-order valence-corrected chi connectivity index (χ1v) is 9.17. The lowest BCUT2D eigenvalue weighted by molar-refractivity contribution is 0.435. The van der Waals surface area contributed by atoms with Crippen LogP contribution in [-0.4, -0.2) is 44.4 Å². The number of hydrogen-bond donors (Lipinski definition) is 2. The van der Waals surface area contributed by atoms with Gasteiger partial charge in [0.1, 0.15) is 5.01 Å². The first kappa shape index (κ1) is 17.5. The van der Waals surface area contributed by atoms with E-state index < -0.39 is 10.2 Å². The van der Waals surface area contributed by atoms with Crippen LogP contribution in [0.1, 0.15) is 37.7 Å². The molecule has 0 aliphatic heterocycles. The third-order valence-corrected chi connectivity index (χ3v) is 5.41. The Morgan fingerprint density at radius 2 is 2.20 bits per heavy atom. The maximum atomic E-state index is 12.2. The first-order valence-electron chi connectivity index (χ1n) is 6.85. The van der Waals surface area contributed by atoms with Crippen molar-refractivity contribution in [2.75, 3.05) is 26.7 Å². The number of aromatic nitrogens is 1. The summed E-state index contributed by atoms with van der Waals surface area (Å²) in [4.78, 5) is 4.18. The van der Waals surface area contributed by atoms with Gasteiger partial charge in [0.2, 0.25) is 0 Å². The average Bonchev–Trinajstić information content (AvgIpc) is 2.94. The zero-order valence-electron chi connectivity index (χ0n) is 12.3. The molecule has 0 saturated heterocycles. The highest BCUT2D eigenvalue weighted by atomic mass is 32.2. The van der Waals surface area contributed by atoms with E-state index in [2.05, 4.69) is 15.0 Å². The molecule has 20 heavy (non-hydrogen) atoms. The summed E-state index contributed by atoms with van der Waals surface area (Å²) in [5.41, 5.74) is 0. The van der Waals surface area contributed by atoms with Gasteiger partial charge in [-0.05, 0) is 25.9 Å². The number of nitrogens with one attached hydrogen (secondary N) is 2. The Morgan fingerprint density at radius 1 is 1.45 bits per heavy atom. The minimum absolute atomic E-state index is 0.254. The molecule has 6 nitrogen and oxygen atoms in total. The van der Waals surface area contributed by atoms with Gasteiger partial charge >= 0.3 is 0 Å². The van der Waals surface area contributed by atoms with Crippen molar-refractivity contribution in [1.82, 2.24) is 19.3 Å². The predicted octanol–water partition coefficient (Wildman–Crippen LogP) is 1.36. The van der Waals surface area contributed by atoms with E-state index in [0.29, 0.717) is 13.0 Å². The Balaban J connectivity index is 2.54. The Labute approximate surface area is 125 Å². The second kappa shape index (κ2) is 8.68. The molecule has 0 saturated carbocycles. The minimum Gasteiger partial charge on any atom is -0.317 e. The standard InChI is InChI=1S/C12H24N4O2S2/c1-4-11(12-14-8-10-19-12)15-20(17,18)16(3)9-6-7-13-5-2/h8,10-11,13,15H,4-7,9H2,1-3H3. The quantitative estimate of drug-likeness (QED) is 0.638. The second-order valence-electron chi connectivity index (χ2n) is 4.48. The Hall–Kier alpha value is -0.540. The summed E-state index contributed by atoms with van der Waals surface area (Å²) in [5, 5.41) is 5.84. The van der Waals surface area contributed by atoms with Gasteiger partial charge in [-0.15, -0.1) is 11.3 Å². The topological polar surface area (TPSA) is 74.3 Å². The van der Waals surface area contributed by atoms with Crippen molar-refractivity contribution in [1.29, 1.82) is 0 Å². The summed E-state index contributed by atoms with van der Waals surface area (Å²) >= 11 is 1.47. The van der Waals surface area contributed by atoms with E-state index in [1.165, 1.54) is 15.6 Å². The highest BCUT2D eigenvalue weighted by Crippen LogP contribution is 2.20. The molecule has 8 heteroatoms. The van der Waals surface area contributed by atoms with Crippen LogP contribution in [0.3, 0.4) is 0 Å². The van der Waals surface area contributed by atoms with Gasteiger partial charge in [0, 0.05) is 25.2 Å². The van der Waals surface area contributed by atoms with Crippen molar-refractivity contribution in [2.24, 2.45) is 0 Å². The van der Waals surface area contributed by atoms with Crippen LogP contribution in [0.15, 0.2) is 11.6 Å². The second-order valence-corrected chi connectivity index (χ2v) is 7.22. The maximum Gasteiger partial charge on any atom is 0.279 e. The van der Waals surface area contributed by atoms with E-state index in [0.717, 1.165) is 24.5 Å². The molecule has 1 atom stereocenters. The smallest absolute Gasteiger partial charge is 0.279 e. The monoisotopic (exact) mass is 320 g/mol. The van der Waals surface area contributed by atoms with Crippen molar-refractivity contribution in [3.05, 3.63) is 16.6 Å². The van der Waals surface area contributed by atoms with Crippen molar-refractivity contribution in [3.8, 4) is 0 Å². The lowest BCUT2D eigenvalue weighted by atomic mass is 10.3. The van der Waals surface area contributed by atoms with Gasteiger partial charge in [0.05, 0.1) is 6.04 Å². The molecular weight excluding hydrogens is 296 g/mol. The third-order valence-electron chi connectivity index (χ3n) is 2.94. The fraction of sp³-hybridized carbons (Fsp3) is 0.750. The minimum atomic E-state index is -3.46. The molecule has 0 spiro atoms. The number of hydrogen-bond acceptors (Lipinski definition) is 5. The normalized spacial score (nSPS) is 13.8. The fourth-order valence-corrected chi connectivity index (χ4v) is 3.74. The van der Waals surface area contributed by atoms with Crippen LogP contribution in [0, 0.1) is 0 Å². The Morgan fingerprint density at radius 3 is 2.75 bits per heavy atom. The Kier molecular flexibility index (Phi) is 7.60. The van der Waals surface area contributed by atoms with E-state index in [-0.39, 0.29) is 6.04 Å². The highest BCUT2D eigenvalue weighted by Gasteiger charge is 2.23. The van der Waals surface area contributed by atoms with Gasteiger partial charge in [0.15, 0.2) is 0 Å². The van der Waals surface area contributed by atoms with Crippen LogP contribution in [0.2, 0.25) is 0 Å². The molecule has 1 unspecified atom stereocenters. The molecule has 0 fully saturated rings. The van der Waals surface area contributed by atoms with E-state index in [9.17, 15) is 8.42 Å². The molecule has 1 aromatic rings. The first-order chi connectivity index (χ1) is 9.51. The summed E-state index contributed by atoms with van der Waals surface area (Å²) in [7, 11) is -1.86. The summed E-state index contributed by atoms with van der Waals surface area (Å²) in [6, 6.07) is -0.254. The van der Waals surface area contributed by atoms with Crippen LogP contribution in [0.25, 0.3) is 0 Å². The van der Waals surface area contributed by atoms with E-state index in [1.807, 2.05) is 19.2 Å². The molecule has 0 amide bonds. The highest BCUT2D eigenvalue weighted by molar-refractivity contribution is 7.87. The molecule has 1 heterocycles. The SMILES string of the molecule is CCNCCCN(C)S(=O)(=O)NC(CC)c1nccs1. The van der Waals surface area contributed by atoms with Gasteiger partial charge in [-0.2, -0.15) is 17.4 Å². The number of thiazole rings is 1. The largest absolute Gasteiger partial charge is 0.317 e. The lowest BCUT2D eigenvalue weighted by Gasteiger charge is -2.21. The Bertz CT molecular complexity index is 462. The van der Waals surface area contributed by atoms with Gasteiger partial charge in [-0.1, -0.05) is 13.8 Å². The van der Waals surface area contributed by atoms with Crippen LogP contribution in [-0.2, 0) is 10.2 Å². The van der Waals surface area contributed by atoms with Crippen LogP contribution in [0.4, 0.5) is 0 Å². The van der Waals surface area contributed by atoms with Crippen molar-refractivity contribution < 1.29 is 8.42 Å². The fourth-order valence-electron chi connectivity index (χ4n) is 1.71. The lowest BCUT2D eigenvalue weighted by Crippen LogP contribution is -2.41. The van der Waals surface area contributed by atoms with E-state index >= 15 is 0 Å². The van der Waals surface area contributed by atoms with Crippen LogP contribution in [0.5, 0.6) is 0 Å². The molecule has 1 aromatic heterocycles. The number of rotatable bonds is 10. The summed E-state index contributed by atoms with van der Waals surface area (Å²) < 4.78 is 28.5. The van der Waals surface area contributed by atoms with Crippen LogP contribution < -0.4 is 10.0 Å². The average molecular weight is 320 g/mol. The van der Waals surface area contributed by atoms with Crippen molar-refractivity contribution in [3.63, 3.8) is 0 Å². The molecule has 0 aliphatic rings.